The van der Waals surface area contributed by atoms with Gasteiger partial charge in [-0.1, -0.05) is 18.2 Å². The van der Waals surface area contributed by atoms with Crippen LogP contribution in [-0.2, 0) is 11.3 Å². The second-order valence-corrected chi connectivity index (χ2v) is 6.24. The summed E-state index contributed by atoms with van der Waals surface area (Å²) >= 11 is 0. The van der Waals surface area contributed by atoms with Crippen molar-refractivity contribution in [1.29, 1.82) is 0 Å². The van der Waals surface area contributed by atoms with Gasteiger partial charge in [-0.15, -0.1) is 0 Å². The Labute approximate surface area is 151 Å². The average Bonchev–Trinajstić information content (AvgIpc) is 3.01. The van der Waals surface area contributed by atoms with Gasteiger partial charge in [0.25, 0.3) is 5.69 Å². The normalized spacial score (nSPS) is 16.8. The van der Waals surface area contributed by atoms with Crippen LogP contribution in [0.3, 0.4) is 0 Å². The molecule has 1 saturated heterocycles. The molecule has 1 N–H and O–H groups in total. The minimum atomic E-state index is -0.436. The number of methoxy groups -OCH3 is 1. The molecule has 0 spiro atoms. The number of likely N-dealkylation sites (tertiary alicyclic amines) is 1. The summed E-state index contributed by atoms with van der Waals surface area (Å²) in [6.07, 6.45) is 1.10. The molecule has 1 atom stereocenters. The molecular formula is C19H20N2O5. The molecule has 7 heteroatoms. The number of aliphatic hydroxyl groups excluding tert-OH is 1. The van der Waals surface area contributed by atoms with Crippen molar-refractivity contribution in [3.8, 4) is 16.9 Å². The average molecular weight is 356 g/mol. The Bertz CT molecular complexity index is 836. The van der Waals surface area contributed by atoms with Crippen molar-refractivity contribution in [3.63, 3.8) is 0 Å². The fourth-order valence-electron chi connectivity index (χ4n) is 3.26. The van der Waals surface area contributed by atoms with Gasteiger partial charge in [0.1, 0.15) is 5.75 Å². The first kappa shape index (κ1) is 17.9. The van der Waals surface area contributed by atoms with Gasteiger partial charge >= 0.3 is 0 Å². The zero-order valence-corrected chi connectivity index (χ0v) is 14.4. The topological polar surface area (TPSA) is 92.9 Å². The third kappa shape index (κ3) is 3.52. The molecular weight excluding hydrogens is 336 g/mol. The molecule has 0 bridgehead atoms. The van der Waals surface area contributed by atoms with Crippen molar-refractivity contribution >= 4 is 11.6 Å². The standard InChI is InChI=1S/C19H20N2O5/c1-26-18-7-5-13(11-20-16(12-22)6-8-19(20)23)9-17(18)14-3-2-4-15(10-14)21(24)25/h2-5,7,9-10,16,22H,6,8,11-12H2,1H3. The van der Waals surface area contributed by atoms with Gasteiger partial charge in [-0.05, 0) is 29.7 Å². The lowest BCUT2D eigenvalue weighted by atomic mass is 10.0. The van der Waals surface area contributed by atoms with E-state index < -0.39 is 4.92 Å². The van der Waals surface area contributed by atoms with Crippen molar-refractivity contribution in [2.45, 2.75) is 25.4 Å². The number of rotatable bonds is 6. The zero-order valence-electron chi connectivity index (χ0n) is 14.4. The number of ether oxygens (including phenoxy) is 1. The van der Waals surface area contributed by atoms with E-state index >= 15 is 0 Å². The maximum Gasteiger partial charge on any atom is 0.270 e. The number of hydrogen-bond acceptors (Lipinski definition) is 5. The van der Waals surface area contributed by atoms with Gasteiger partial charge in [-0.3, -0.25) is 14.9 Å². The van der Waals surface area contributed by atoms with E-state index in [0.717, 1.165) is 11.1 Å². The molecule has 0 saturated carbocycles. The third-order valence-electron chi connectivity index (χ3n) is 4.65. The highest BCUT2D eigenvalue weighted by Crippen LogP contribution is 2.33. The Morgan fingerprint density at radius 3 is 2.81 bits per heavy atom. The summed E-state index contributed by atoms with van der Waals surface area (Å²) in [4.78, 5) is 24.4. The first-order valence-corrected chi connectivity index (χ1v) is 8.35. The van der Waals surface area contributed by atoms with Crippen LogP contribution in [0.15, 0.2) is 42.5 Å². The highest BCUT2D eigenvalue weighted by Gasteiger charge is 2.30. The number of nitro benzene ring substituents is 1. The zero-order chi connectivity index (χ0) is 18.7. The quantitative estimate of drug-likeness (QED) is 0.634. The Hall–Kier alpha value is -2.93. The molecule has 1 aliphatic rings. The van der Waals surface area contributed by atoms with Crippen LogP contribution >= 0.6 is 0 Å². The van der Waals surface area contributed by atoms with Gasteiger partial charge in [0, 0.05) is 30.7 Å². The maximum atomic E-state index is 12.1. The van der Waals surface area contributed by atoms with E-state index in [1.54, 1.807) is 30.2 Å². The molecule has 0 radical (unpaired) electrons. The fourth-order valence-corrected chi connectivity index (χ4v) is 3.26. The highest BCUT2D eigenvalue weighted by atomic mass is 16.6. The molecule has 7 nitrogen and oxygen atoms in total. The number of carbonyl (C=O) groups excluding carboxylic acids is 1. The van der Waals surface area contributed by atoms with Crippen LogP contribution < -0.4 is 4.74 Å². The van der Waals surface area contributed by atoms with Crippen LogP contribution in [0.5, 0.6) is 5.75 Å². The van der Waals surface area contributed by atoms with E-state index in [0.29, 0.717) is 30.7 Å². The van der Waals surface area contributed by atoms with Gasteiger partial charge in [0.15, 0.2) is 0 Å². The first-order valence-electron chi connectivity index (χ1n) is 8.35. The van der Waals surface area contributed by atoms with E-state index in [4.69, 9.17) is 4.74 Å². The molecule has 3 rings (SSSR count). The molecule has 1 heterocycles. The lowest BCUT2D eigenvalue weighted by Crippen LogP contribution is -2.34. The molecule has 1 fully saturated rings. The van der Waals surface area contributed by atoms with Crippen LogP contribution in [0, 0.1) is 10.1 Å². The molecule has 1 unspecified atom stereocenters. The van der Waals surface area contributed by atoms with E-state index in [1.165, 1.54) is 12.1 Å². The van der Waals surface area contributed by atoms with E-state index in [9.17, 15) is 20.0 Å². The van der Waals surface area contributed by atoms with Crippen molar-refractivity contribution < 1.29 is 19.6 Å². The second-order valence-electron chi connectivity index (χ2n) is 6.24. The highest BCUT2D eigenvalue weighted by molar-refractivity contribution is 5.79. The molecule has 136 valence electrons. The van der Waals surface area contributed by atoms with E-state index in [2.05, 4.69) is 0 Å². The predicted octanol–water partition coefficient (Wildman–Crippen LogP) is 2.75. The van der Waals surface area contributed by atoms with Gasteiger partial charge in [-0.25, -0.2) is 0 Å². The van der Waals surface area contributed by atoms with Crippen LogP contribution in [0.2, 0.25) is 0 Å². The number of benzene rings is 2. The summed E-state index contributed by atoms with van der Waals surface area (Å²) in [5.74, 6) is 0.623. The summed E-state index contributed by atoms with van der Waals surface area (Å²) in [7, 11) is 1.54. The van der Waals surface area contributed by atoms with Gasteiger partial charge in [-0.2, -0.15) is 0 Å². The number of aliphatic hydroxyl groups is 1. The van der Waals surface area contributed by atoms with Crippen molar-refractivity contribution in [2.24, 2.45) is 0 Å². The fraction of sp³-hybridized carbons (Fsp3) is 0.316. The Morgan fingerprint density at radius 1 is 1.31 bits per heavy atom. The van der Waals surface area contributed by atoms with Crippen molar-refractivity contribution in [1.82, 2.24) is 4.90 Å². The van der Waals surface area contributed by atoms with Crippen LogP contribution in [0.1, 0.15) is 18.4 Å². The number of amides is 1. The number of non-ortho nitro benzene ring substituents is 1. The molecule has 1 aliphatic heterocycles. The van der Waals surface area contributed by atoms with Gasteiger partial charge in [0.05, 0.1) is 24.7 Å². The van der Waals surface area contributed by atoms with Gasteiger partial charge in [0.2, 0.25) is 5.91 Å². The predicted molar refractivity (Wildman–Crippen MR) is 95.7 cm³/mol. The smallest absolute Gasteiger partial charge is 0.270 e. The van der Waals surface area contributed by atoms with E-state index in [1.807, 2.05) is 12.1 Å². The van der Waals surface area contributed by atoms with Gasteiger partial charge < -0.3 is 14.7 Å². The summed E-state index contributed by atoms with van der Waals surface area (Å²) < 4.78 is 5.40. The molecule has 0 aromatic heterocycles. The minimum Gasteiger partial charge on any atom is -0.496 e. The molecule has 2 aromatic rings. The molecule has 1 amide bonds. The second kappa shape index (κ2) is 7.53. The van der Waals surface area contributed by atoms with E-state index in [-0.39, 0.29) is 24.2 Å². The molecule has 2 aromatic carbocycles. The van der Waals surface area contributed by atoms with Crippen molar-refractivity contribution in [3.05, 3.63) is 58.1 Å². The Morgan fingerprint density at radius 2 is 2.12 bits per heavy atom. The lowest BCUT2D eigenvalue weighted by Gasteiger charge is -2.23. The maximum absolute atomic E-state index is 12.1. The monoisotopic (exact) mass is 356 g/mol. The number of hydrogen-bond donors (Lipinski definition) is 1. The molecule has 0 aliphatic carbocycles. The lowest BCUT2D eigenvalue weighted by molar-refractivity contribution is -0.384. The largest absolute Gasteiger partial charge is 0.496 e. The Kier molecular flexibility index (Phi) is 5.18. The number of nitro groups is 1. The number of nitrogens with zero attached hydrogens (tertiary/aromatic N) is 2. The first-order chi connectivity index (χ1) is 12.5. The van der Waals surface area contributed by atoms with Crippen LogP contribution in [-0.4, -0.2) is 40.6 Å². The van der Waals surface area contributed by atoms with Crippen LogP contribution in [0.25, 0.3) is 11.1 Å². The number of carbonyl (C=O) groups is 1. The summed E-state index contributed by atoms with van der Waals surface area (Å²) in [5.41, 5.74) is 2.27. The summed E-state index contributed by atoms with van der Waals surface area (Å²) in [6, 6.07) is 11.7. The third-order valence-corrected chi connectivity index (χ3v) is 4.65. The van der Waals surface area contributed by atoms with Crippen LogP contribution in [0.4, 0.5) is 5.69 Å². The molecule has 26 heavy (non-hydrogen) atoms. The SMILES string of the molecule is COc1ccc(CN2C(=O)CCC2CO)cc1-c1cccc([N+](=O)[O-])c1. The Balaban J connectivity index is 1.95. The van der Waals surface area contributed by atoms with Crippen molar-refractivity contribution in [2.75, 3.05) is 13.7 Å². The summed E-state index contributed by atoms with van der Waals surface area (Å²) in [6.45, 7) is 0.329. The summed E-state index contributed by atoms with van der Waals surface area (Å²) in [5, 5.41) is 20.5. The minimum absolute atomic E-state index is 0.00465.